The van der Waals surface area contributed by atoms with Gasteiger partial charge in [0.15, 0.2) is 5.79 Å². The lowest BCUT2D eigenvalue weighted by atomic mass is 10.0. The summed E-state index contributed by atoms with van der Waals surface area (Å²) in [6.07, 6.45) is 0.684. The van der Waals surface area contributed by atoms with Gasteiger partial charge in [0.05, 0.1) is 0 Å². The maximum Gasteiger partial charge on any atom is 0.194 e. The van der Waals surface area contributed by atoms with Gasteiger partial charge in [-0.15, -0.1) is 0 Å². The average molecular weight is 196 g/mol. The molecule has 0 aliphatic heterocycles. The molecule has 0 aromatic heterocycles. The molecule has 0 radical (unpaired) electrons. The van der Waals surface area contributed by atoms with Gasteiger partial charge in [-0.1, -0.05) is 19.1 Å². The second-order valence-corrected chi connectivity index (χ2v) is 3.07. The Labute approximate surface area is 84.3 Å². The molecule has 1 N–H and O–H groups in total. The van der Waals surface area contributed by atoms with Crippen molar-refractivity contribution in [2.75, 3.05) is 14.2 Å². The van der Waals surface area contributed by atoms with Gasteiger partial charge in [-0.25, -0.2) is 0 Å². The van der Waals surface area contributed by atoms with Gasteiger partial charge < -0.3 is 14.6 Å². The van der Waals surface area contributed by atoms with Crippen molar-refractivity contribution in [3.05, 3.63) is 29.8 Å². The van der Waals surface area contributed by atoms with Gasteiger partial charge in [0.1, 0.15) is 5.75 Å². The number of hydrogen-bond acceptors (Lipinski definition) is 3. The molecule has 1 rings (SSSR count). The number of rotatable bonds is 4. The van der Waals surface area contributed by atoms with Crippen molar-refractivity contribution >= 4 is 0 Å². The van der Waals surface area contributed by atoms with E-state index in [2.05, 4.69) is 0 Å². The molecule has 0 saturated heterocycles. The minimum atomic E-state index is -0.751. The average Bonchev–Trinajstić information content (AvgIpc) is 2.22. The number of benzene rings is 1. The molecule has 1 aromatic carbocycles. The number of phenolic OH excluding ortho intramolecular Hbond substituents is 1. The minimum absolute atomic E-state index is 0.217. The highest BCUT2D eigenvalue weighted by Crippen LogP contribution is 2.31. The van der Waals surface area contributed by atoms with Crippen LogP contribution in [-0.2, 0) is 15.3 Å². The van der Waals surface area contributed by atoms with E-state index in [9.17, 15) is 5.11 Å². The summed E-state index contributed by atoms with van der Waals surface area (Å²) in [5, 5.41) is 9.35. The topological polar surface area (TPSA) is 38.7 Å². The molecule has 3 nitrogen and oxygen atoms in total. The molecule has 3 heteroatoms. The molecule has 0 saturated carbocycles. The highest BCUT2D eigenvalue weighted by atomic mass is 16.7. The summed E-state index contributed by atoms with van der Waals surface area (Å²) in [5.74, 6) is -0.534. The molecule has 0 atom stereocenters. The zero-order valence-electron chi connectivity index (χ0n) is 8.78. The van der Waals surface area contributed by atoms with Crippen LogP contribution in [0.1, 0.15) is 18.9 Å². The predicted molar refractivity (Wildman–Crippen MR) is 54.1 cm³/mol. The van der Waals surface area contributed by atoms with Crippen molar-refractivity contribution in [2.45, 2.75) is 19.1 Å². The quantitative estimate of drug-likeness (QED) is 0.750. The van der Waals surface area contributed by atoms with E-state index in [1.165, 1.54) is 0 Å². The molecule has 0 aliphatic carbocycles. The van der Waals surface area contributed by atoms with Gasteiger partial charge in [-0.3, -0.25) is 0 Å². The minimum Gasteiger partial charge on any atom is -0.508 e. The summed E-state index contributed by atoms with van der Waals surface area (Å²) >= 11 is 0. The van der Waals surface area contributed by atoms with Crippen molar-refractivity contribution in [1.29, 1.82) is 0 Å². The zero-order chi connectivity index (χ0) is 10.6. The molecule has 0 aliphatic rings. The maximum absolute atomic E-state index is 9.35. The lowest BCUT2D eigenvalue weighted by molar-refractivity contribution is -0.217. The molecule has 1 aromatic rings. The predicted octanol–water partition coefficient (Wildman–Crippen LogP) is 2.25. The summed E-state index contributed by atoms with van der Waals surface area (Å²) < 4.78 is 10.7. The standard InChI is InChI=1S/C11H16O3/c1-4-11(13-2,14-3)9-6-5-7-10(12)8-9/h5-8,12H,4H2,1-3H3. The molecule has 0 heterocycles. The first-order valence-corrected chi connectivity index (χ1v) is 4.58. The largest absolute Gasteiger partial charge is 0.508 e. The molecule has 0 spiro atoms. The molecule has 78 valence electrons. The normalized spacial score (nSPS) is 11.6. The first-order chi connectivity index (χ1) is 6.68. The number of methoxy groups -OCH3 is 2. The number of aromatic hydroxyl groups is 1. The molecular formula is C11H16O3. The Morgan fingerprint density at radius 1 is 1.29 bits per heavy atom. The monoisotopic (exact) mass is 196 g/mol. The Balaban J connectivity index is 3.10. The van der Waals surface area contributed by atoms with E-state index in [1.54, 1.807) is 32.4 Å². The summed E-state index contributed by atoms with van der Waals surface area (Å²) in [6, 6.07) is 6.91. The Morgan fingerprint density at radius 3 is 2.36 bits per heavy atom. The summed E-state index contributed by atoms with van der Waals surface area (Å²) in [7, 11) is 3.19. The van der Waals surface area contributed by atoms with Crippen molar-refractivity contribution in [2.24, 2.45) is 0 Å². The van der Waals surface area contributed by atoms with Gasteiger partial charge in [0, 0.05) is 26.2 Å². The van der Waals surface area contributed by atoms with E-state index in [1.807, 2.05) is 13.0 Å². The number of ether oxygens (including phenoxy) is 2. The SMILES string of the molecule is CCC(OC)(OC)c1cccc(O)c1. The second kappa shape index (κ2) is 4.44. The summed E-state index contributed by atoms with van der Waals surface area (Å²) in [5.41, 5.74) is 0.824. The van der Waals surface area contributed by atoms with Crippen molar-refractivity contribution < 1.29 is 14.6 Å². The van der Waals surface area contributed by atoms with Crippen LogP contribution in [0.2, 0.25) is 0 Å². The lowest BCUT2D eigenvalue weighted by Gasteiger charge is -2.30. The lowest BCUT2D eigenvalue weighted by Crippen LogP contribution is -2.29. The molecule has 14 heavy (non-hydrogen) atoms. The van der Waals surface area contributed by atoms with Gasteiger partial charge in [-0.05, 0) is 12.1 Å². The van der Waals surface area contributed by atoms with Crippen LogP contribution in [0.15, 0.2) is 24.3 Å². The number of hydrogen-bond donors (Lipinski definition) is 1. The molecule has 0 fully saturated rings. The van der Waals surface area contributed by atoms with E-state index in [-0.39, 0.29) is 5.75 Å². The Bertz CT molecular complexity index is 284. The van der Waals surface area contributed by atoms with Gasteiger partial charge in [-0.2, -0.15) is 0 Å². The number of phenols is 1. The van der Waals surface area contributed by atoms with Crippen LogP contribution in [0.3, 0.4) is 0 Å². The summed E-state index contributed by atoms with van der Waals surface area (Å²) in [6.45, 7) is 1.97. The van der Waals surface area contributed by atoms with Gasteiger partial charge >= 0.3 is 0 Å². The zero-order valence-corrected chi connectivity index (χ0v) is 8.78. The van der Waals surface area contributed by atoms with Crippen molar-refractivity contribution in [3.63, 3.8) is 0 Å². The summed E-state index contributed by atoms with van der Waals surface area (Å²) in [4.78, 5) is 0. The second-order valence-electron chi connectivity index (χ2n) is 3.07. The fourth-order valence-corrected chi connectivity index (χ4v) is 1.55. The fourth-order valence-electron chi connectivity index (χ4n) is 1.55. The van der Waals surface area contributed by atoms with Crippen LogP contribution >= 0.6 is 0 Å². The first kappa shape index (κ1) is 11.0. The van der Waals surface area contributed by atoms with Crippen LogP contribution in [0.4, 0.5) is 0 Å². The van der Waals surface area contributed by atoms with E-state index in [0.717, 1.165) is 5.56 Å². The first-order valence-electron chi connectivity index (χ1n) is 4.58. The maximum atomic E-state index is 9.35. The van der Waals surface area contributed by atoms with Crippen molar-refractivity contribution in [1.82, 2.24) is 0 Å². The third kappa shape index (κ3) is 1.89. The van der Waals surface area contributed by atoms with Crippen LogP contribution in [0, 0.1) is 0 Å². The highest BCUT2D eigenvalue weighted by Gasteiger charge is 2.29. The smallest absolute Gasteiger partial charge is 0.194 e. The van der Waals surface area contributed by atoms with E-state index in [4.69, 9.17) is 9.47 Å². The fraction of sp³-hybridized carbons (Fsp3) is 0.455. The van der Waals surface area contributed by atoms with Gasteiger partial charge in [0.25, 0.3) is 0 Å². The molecule has 0 unspecified atom stereocenters. The van der Waals surface area contributed by atoms with Crippen molar-refractivity contribution in [3.8, 4) is 5.75 Å². The molecule has 0 amide bonds. The van der Waals surface area contributed by atoms with Crippen LogP contribution < -0.4 is 0 Å². The third-order valence-corrected chi connectivity index (χ3v) is 2.41. The van der Waals surface area contributed by atoms with Crippen LogP contribution in [0.5, 0.6) is 5.75 Å². The van der Waals surface area contributed by atoms with E-state index < -0.39 is 5.79 Å². The van der Waals surface area contributed by atoms with E-state index in [0.29, 0.717) is 6.42 Å². The van der Waals surface area contributed by atoms with Crippen LogP contribution in [-0.4, -0.2) is 19.3 Å². The highest BCUT2D eigenvalue weighted by molar-refractivity contribution is 5.30. The third-order valence-electron chi connectivity index (χ3n) is 2.41. The molecular weight excluding hydrogens is 180 g/mol. The molecule has 0 bridgehead atoms. The Morgan fingerprint density at radius 2 is 1.93 bits per heavy atom. The van der Waals surface area contributed by atoms with Gasteiger partial charge in [0.2, 0.25) is 0 Å². The van der Waals surface area contributed by atoms with E-state index >= 15 is 0 Å². The Kier molecular flexibility index (Phi) is 3.49. The Hall–Kier alpha value is -1.06. The van der Waals surface area contributed by atoms with Crippen LogP contribution in [0.25, 0.3) is 0 Å².